The van der Waals surface area contributed by atoms with E-state index in [2.05, 4.69) is 9.83 Å². The van der Waals surface area contributed by atoms with Gasteiger partial charge in [-0.1, -0.05) is 0 Å². The molecule has 1 aromatic rings. The van der Waals surface area contributed by atoms with Crippen molar-refractivity contribution in [1.82, 2.24) is 4.98 Å². The monoisotopic (exact) mass is 216 g/mol. The summed E-state index contributed by atoms with van der Waals surface area (Å²) in [5.74, 6) is 0. The third kappa shape index (κ3) is 1.50. The Hall–Kier alpha value is -1.40. The van der Waals surface area contributed by atoms with Crippen molar-refractivity contribution in [3.05, 3.63) is 33.9 Å². The van der Waals surface area contributed by atoms with Crippen LogP contribution in [0.4, 0.5) is 5.69 Å². The molecule has 1 aromatic heterocycles. The lowest BCUT2D eigenvalue weighted by atomic mass is 9.79. The second-order valence-electron chi connectivity index (χ2n) is 4.72. The quantitative estimate of drug-likeness (QED) is 0.677. The lowest BCUT2D eigenvalue weighted by Crippen LogP contribution is -2.29. The fraction of sp³-hybridized carbons (Fsp3) is 0.538. The van der Waals surface area contributed by atoms with Crippen LogP contribution in [0, 0.1) is 20.4 Å². The highest BCUT2D eigenvalue weighted by molar-refractivity contribution is 5.61. The minimum Gasteiger partial charge on any atom is -0.385 e. The van der Waals surface area contributed by atoms with Gasteiger partial charge in [0.25, 0.3) is 0 Å². The number of aliphatic hydroxyl groups is 1. The van der Waals surface area contributed by atoms with Crippen LogP contribution in [-0.4, -0.2) is 10.1 Å². The van der Waals surface area contributed by atoms with Gasteiger partial charge in [0.2, 0.25) is 5.69 Å². The van der Waals surface area contributed by atoms with Gasteiger partial charge in [-0.3, -0.25) is 4.98 Å². The van der Waals surface area contributed by atoms with Gasteiger partial charge >= 0.3 is 0 Å². The molecule has 0 aromatic carbocycles. The minimum absolute atomic E-state index is 0.639. The first kappa shape index (κ1) is 11.1. The summed E-state index contributed by atoms with van der Waals surface area (Å²) >= 11 is 0. The molecule has 1 N–H and O–H groups in total. The second kappa shape index (κ2) is 3.57. The summed E-state index contributed by atoms with van der Waals surface area (Å²) in [4.78, 5) is 7.95. The summed E-state index contributed by atoms with van der Waals surface area (Å²) in [7, 11) is 0. The van der Waals surface area contributed by atoms with E-state index in [1.807, 2.05) is 20.8 Å². The van der Waals surface area contributed by atoms with Gasteiger partial charge in [-0.15, -0.1) is 0 Å². The first-order valence-electron chi connectivity index (χ1n) is 5.58. The van der Waals surface area contributed by atoms with E-state index < -0.39 is 5.60 Å². The lowest BCUT2D eigenvalue weighted by Gasteiger charge is -2.33. The van der Waals surface area contributed by atoms with Gasteiger partial charge in [0, 0.05) is 11.4 Å². The summed E-state index contributed by atoms with van der Waals surface area (Å²) in [6.45, 7) is 12.8. The Kier molecular flexibility index (Phi) is 2.47. The largest absolute Gasteiger partial charge is 0.385 e. The number of aryl methyl sites for hydroxylation is 2. The maximum atomic E-state index is 10.4. The Labute approximate surface area is 96.0 Å². The maximum absolute atomic E-state index is 10.4. The van der Waals surface area contributed by atoms with Gasteiger partial charge < -0.3 is 5.11 Å². The van der Waals surface area contributed by atoms with Gasteiger partial charge in [-0.2, -0.15) is 0 Å². The van der Waals surface area contributed by atoms with Gasteiger partial charge in [0.05, 0.1) is 12.2 Å². The van der Waals surface area contributed by atoms with E-state index >= 15 is 0 Å². The normalized spacial score (nSPS) is 23.7. The highest BCUT2D eigenvalue weighted by Crippen LogP contribution is 2.41. The third-order valence-electron chi connectivity index (χ3n) is 3.37. The summed E-state index contributed by atoms with van der Waals surface area (Å²) in [6.07, 6.45) is 2.57. The topological polar surface area (TPSA) is 37.5 Å². The Morgan fingerprint density at radius 2 is 2.06 bits per heavy atom. The molecular formula is C13H16N2O. The van der Waals surface area contributed by atoms with E-state index in [0.29, 0.717) is 5.69 Å². The first-order chi connectivity index (χ1) is 7.47. The van der Waals surface area contributed by atoms with Gasteiger partial charge in [-0.05, 0) is 51.2 Å². The fourth-order valence-electron chi connectivity index (χ4n) is 2.76. The Morgan fingerprint density at radius 1 is 1.38 bits per heavy atom. The molecule has 2 rings (SSSR count). The van der Waals surface area contributed by atoms with E-state index in [9.17, 15) is 5.11 Å². The highest BCUT2D eigenvalue weighted by Gasteiger charge is 2.33. The molecule has 1 unspecified atom stereocenters. The average Bonchev–Trinajstić information content (AvgIpc) is 2.16. The van der Waals surface area contributed by atoms with Crippen LogP contribution in [0.25, 0.3) is 4.85 Å². The number of fused-ring (bicyclic) bond motifs is 1. The zero-order chi connectivity index (χ0) is 11.9. The van der Waals surface area contributed by atoms with E-state index in [1.165, 1.54) is 0 Å². The zero-order valence-corrected chi connectivity index (χ0v) is 9.96. The predicted octanol–water partition coefficient (Wildman–Crippen LogP) is 2.79. The average molecular weight is 216 g/mol. The number of nitrogens with zero attached hydrogens (tertiary/aromatic N) is 2. The van der Waals surface area contributed by atoms with E-state index in [4.69, 9.17) is 6.57 Å². The molecule has 3 nitrogen and oxygen atoms in total. The second-order valence-corrected chi connectivity index (χ2v) is 4.72. The van der Waals surface area contributed by atoms with Crippen molar-refractivity contribution in [1.29, 1.82) is 0 Å². The van der Waals surface area contributed by atoms with Crippen LogP contribution >= 0.6 is 0 Å². The van der Waals surface area contributed by atoms with E-state index in [0.717, 1.165) is 41.8 Å². The predicted molar refractivity (Wildman–Crippen MR) is 62.5 cm³/mol. The van der Waals surface area contributed by atoms with Crippen LogP contribution in [0.2, 0.25) is 0 Å². The standard InChI is InChI=1S/C13H16N2O/c1-8-11-10(6-5-7-13(11,3)16)12(14-4)9(2)15-8/h16H,5-7H2,1-3H3. The van der Waals surface area contributed by atoms with Crippen molar-refractivity contribution < 1.29 is 5.11 Å². The molecular weight excluding hydrogens is 200 g/mol. The molecule has 1 heterocycles. The number of rotatable bonds is 0. The number of aromatic nitrogens is 1. The number of pyridine rings is 1. The van der Waals surface area contributed by atoms with Crippen LogP contribution in [0.1, 0.15) is 42.3 Å². The summed E-state index contributed by atoms with van der Waals surface area (Å²) in [5.41, 5.74) is 3.36. The fourth-order valence-corrected chi connectivity index (χ4v) is 2.76. The molecule has 0 amide bonds. The van der Waals surface area contributed by atoms with Crippen molar-refractivity contribution in [2.24, 2.45) is 0 Å². The molecule has 16 heavy (non-hydrogen) atoms. The smallest absolute Gasteiger partial charge is 0.211 e. The van der Waals surface area contributed by atoms with E-state index in [1.54, 1.807) is 0 Å². The zero-order valence-electron chi connectivity index (χ0n) is 9.96. The Bertz CT molecular complexity index is 484. The van der Waals surface area contributed by atoms with Crippen LogP contribution < -0.4 is 0 Å². The van der Waals surface area contributed by atoms with Crippen LogP contribution in [0.3, 0.4) is 0 Å². The molecule has 1 atom stereocenters. The molecule has 0 saturated carbocycles. The third-order valence-corrected chi connectivity index (χ3v) is 3.37. The SMILES string of the molecule is [C-]#[N+]c1c(C)nc(C)c2c1CCCC2(C)O. The minimum atomic E-state index is -0.822. The van der Waals surface area contributed by atoms with Crippen molar-refractivity contribution in [2.75, 3.05) is 0 Å². The number of hydrogen-bond donors (Lipinski definition) is 1. The molecule has 0 radical (unpaired) electrons. The van der Waals surface area contributed by atoms with Crippen molar-refractivity contribution in [3.63, 3.8) is 0 Å². The lowest BCUT2D eigenvalue weighted by molar-refractivity contribution is 0.0377. The Balaban J connectivity index is 2.78. The maximum Gasteiger partial charge on any atom is 0.211 e. The van der Waals surface area contributed by atoms with Crippen LogP contribution in [-0.2, 0) is 12.0 Å². The van der Waals surface area contributed by atoms with Gasteiger partial charge in [0.1, 0.15) is 0 Å². The molecule has 0 saturated heterocycles. The summed E-state index contributed by atoms with van der Waals surface area (Å²) < 4.78 is 0. The highest BCUT2D eigenvalue weighted by atomic mass is 16.3. The first-order valence-corrected chi connectivity index (χ1v) is 5.58. The number of hydrogen-bond acceptors (Lipinski definition) is 2. The molecule has 0 bridgehead atoms. The molecule has 84 valence electrons. The van der Waals surface area contributed by atoms with Gasteiger partial charge in [-0.25, -0.2) is 4.85 Å². The van der Waals surface area contributed by atoms with Gasteiger partial charge in [0.15, 0.2) is 0 Å². The van der Waals surface area contributed by atoms with E-state index in [-0.39, 0.29) is 0 Å². The van der Waals surface area contributed by atoms with Crippen molar-refractivity contribution in [3.8, 4) is 0 Å². The summed E-state index contributed by atoms with van der Waals surface area (Å²) in [5, 5.41) is 10.4. The molecule has 0 aliphatic heterocycles. The Morgan fingerprint density at radius 3 is 2.69 bits per heavy atom. The van der Waals surface area contributed by atoms with Crippen LogP contribution in [0.15, 0.2) is 0 Å². The molecule has 0 spiro atoms. The molecule has 3 heteroatoms. The molecule has 1 aliphatic rings. The van der Waals surface area contributed by atoms with Crippen molar-refractivity contribution in [2.45, 2.75) is 45.6 Å². The molecule has 1 aliphatic carbocycles. The summed E-state index contributed by atoms with van der Waals surface area (Å²) in [6, 6.07) is 0. The molecule has 0 fully saturated rings. The van der Waals surface area contributed by atoms with Crippen molar-refractivity contribution >= 4 is 5.69 Å². The van der Waals surface area contributed by atoms with Crippen LogP contribution in [0.5, 0.6) is 0 Å².